The summed E-state index contributed by atoms with van der Waals surface area (Å²) in [6.45, 7) is 3.93. The molecular weight excluding hydrogens is 306 g/mol. The van der Waals surface area contributed by atoms with Crippen LogP contribution < -0.4 is 16.4 Å². The third-order valence-electron chi connectivity index (χ3n) is 3.70. The molecule has 2 heterocycles. The molecule has 0 amide bonds. The maximum atomic E-state index is 5.85. The van der Waals surface area contributed by atoms with E-state index in [1.54, 1.807) is 13.3 Å². The Morgan fingerprint density at radius 2 is 2.08 bits per heavy atom. The number of nitrogens with one attached hydrogen (secondary N) is 3. The molecule has 126 valence electrons. The first-order chi connectivity index (χ1) is 11.5. The molecule has 1 aliphatic heterocycles. The predicted octanol–water partition coefficient (Wildman–Crippen LogP) is 1.91. The van der Waals surface area contributed by atoms with Crippen molar-refractivity contribution in [2.24, 2.45) is 9.98 Å². The first-order valence-corrected chi connectivity index (χ1v) is 7.61. The molecule has 8 heteroatoms. The molecule has 2 unspecified atom stereocenters. The molecule has 24 heavy (non-hydrogen) atoms. The van der Waals surface area contributed by atoms with Crippen molar-refractivity contribution in [3.05, 3.63) is 35.5 Å². The molecule has 1 aromatic carbocycles. The summed E-state index contributed by atoms with van der Waals surface area (Å²) >= 11 is 0. The normalized spacial score (nSPS) is 19.9. The van der Waals surface area contributed by atoms with Gasteiger partial charge in [-0.15, -0.1) is 0 Å². The van der Waals surface area contributed by atoms with E-state index in [9.17, 15) is 0 Å². The molecule has 8 nitrogen and oxygen atoms in total. The van der Waals surface area contributed by atoms with Crippen LogP contribution in [0.2, 0.25) is 0 Å². The molecule has 0 saturated heterocycles. The standard InChI is InChI=1S/C16H21N7O/c1-9-4-5-11(17)7-12(9)19-16-18-8-13(24-3)15(21-16)20-14-6-10(2)22-23-14/h4-8,13,15H,17H2,1-3H3,(H,19,21)(H2,20,22,23). The number of nitrogen functional groups attached to an aromatic ring is 1. The number of aromatic nitrogens is 2. The summed E-state index contributed by atoms with van der Waals surface area (Å²) in [6, 6.07) is 7.57. The first-order valence-electron chi connectivity index (χ1n) is 7.61. The minimum Gasteiger partial charge on any atom is -0.399 e. The van der Waals surface area contributed by atoms with Crippen LogP contribution in [-0.2, 0) is 4.74 Å². The van der Waals surface area contributed by atoms with E-state index in [-0.39, 0.29) is 12.3 Å². The number of nitrogens with two attached hydrogens (primary N) is 1. The lowest BCUT2D eigenvalue weighted by Crippen LogP contribution is -2.39. The van der Waals surface area contributed by atoms with Crippen molar-refractivity contribution in [2.45, 2.75) is 26.1 Å². The number of H-pyrrole nitrogens is 1. The molecule has 2 atom stereocenters. The van der Waals surface area contributed by atoms with Crippen LogP contribution in [0.15, 0.2) is 34.3 Å². The summed E-state index contributed by atoms with van der Waals surface area (Å²) in [5.41, 5.74) is 9.42. The van der Waals surface area contributed by atoms with Gasteiger partial charge in [0.1, 0.15) is 11.9 Å². The largest absolute Gasteiger partial charge is 0.399 e. The highest BCUT2D eigenvalue weighted by molar-refractivity contribution is 6.01. The zero-order valence-electron chi connectivity index (χ0n) is 13.9. The van der Waals surface area contributed by atoms with Crippen molar-refractivity contribution in [2.75, 3.05) is 23.5 Å². The zero-order valence-corrected chi connectivity index (χ0v) is 13.9. The molecule has 0 spiro atoms. The van der Waals surface area contributed by atoms with Gasteiger partial charge in [-0.3, -0.25) is 5.10 Å². The molecule has 0 bridgehead atoms. The summed E-state index contributed by atoms with van der Waals surface area (Å²) in [5.74, 6) is 1.19. The van der Waals surface area contributed by atoms with Crippen LogP contribution in [0.25, 0.3) is 0 Å². The van der Waals surface area contributed by atoms with Crippen LogP contribution >= 0.6 is 0 Å². The fourth-order valence-electron chi connectivity index (χ4n) is 2.37. The fourth-order valence-corrected chi connectivity index (χ4v) is 2.37. The molecular formula is C16H21N7O. The van der Waals surface area contributed by atoms with Gasteiger partial charge in [-0.1, -0.05) is 6.07 Å². The van der Waals surface area contributed by atoms with Crippen molar-refractivity contribution >= 4 is 29.4 Å². The van der Waals surface area contributed by atoms with Gasteiger partial charge in [0.15, 0.2) is 6.17 Å². The van der Waals surface area contributed by atoms with Gasteiger partial charge in [0.05, 0.1) is 0 Å². The Balaban J connectivity index is 1.80. The van der Waals surface area contributed by atoms with Gasteiger partial charge in [0.2, 0.25) is 5.96 Å². The van der Waals surface area contributed by atoms with Gasteiger partial charge >= 0.3 is 0 Å². The third-order valence-corrected chi connectivity index (χ3v) is 3.70. The second-order valence-corrected chi connectivity index (χ2v) is 5.66. The van der Waals surface area contributed by atoms with Crippen molar-refractivity contribution in [3.8, 4) is 0 Å². The van der Waals surface area contributed by atoms with E-state index in [0.29, 0.717) is 17.5 Å². The van der Waals surface area contributed by atoms with E-state index in [4.69, 9.17) is 10.5 Å². The maximum Gasteiger partial charge on any atom is 0.224 e. The molecule has 0 radical (unpaired) electrons. The van der Waals surface area contributed by atoms with Crippen molar-refractivity contribution < 1.29 is 4.74 Å². The quantitative estimate of drug-likeness (QED) is 0.641. The van der Waals surface area contributed by atoms with Gasteiger partial charge in [0, 0.05) is 36.5 Å². The number of aromatic amines is 1. The van der Waals surface area contributed by atoms with E-state index in [1.807, 2.05) is 38.1 Å². The first kappa shape index (κ1) is 16.0. The molecule has 0 fully saturated rings. The van der Waals surface area contributed by atoms with Crippen molar-refractivity contribution in [3.63, 3.8) is 0 Å². The van der Waals surface area contributed by atoms with Gasteiger partial charge in [0.25, 0.3) is 0 Å². The predicted molar refractivity (Wildman–Crippen MR) is 96.7 cm³/mol. The molecule has 2 aromatic rings. The van der Waals surface area contributed by atoms with E-state index < -0.39 is 0 Å². The Morgan fingerprint density at radius 1 is 1.25 bits per heavy atom. The fraction of sp³-hybridized carbons (Fsp3) is 0.312. The highest BCUT2D eigenvalue weighted by Gasteiger charge is 2.24. The van der Waals surface area contributed by atoms with Gasteiger partial charge in [-0.05, 0) is 31.5 Å². The number of aryl methyl sites for hydroxylation is 2. The summed E-state index contributed by atoms with van der Waals surface area (Å²) in [5, 5.41) is 13.5. The molecule has 1 aromatic heterocycles. The van der Waals surface area contributed by atoms with E-state index in [1.165, 1.54) is 0 Å². The topological polar surface area (TPSA) is 113 Å². The second-order valence-electron chi connectivity index (χ2n) is 5.66. The van der Waals surface area contributed by atoms with Crippen LogP contribution in [0.3, 0.4) is 0 Å². The Morgan fingerprint density at radius 3 is 2.79 bits per heavy atom. The zero-order chi connectivity index (χ0) is 17.1. The van der Waals surface area contributed by atoms with Crippen LogP contribution in [-0.4, -0.2) is 41.8 Å². The van der Waals surface area contributed by atoms with Crippen LogP contribution in [0.1, 0.15) is 11.3 Å². The van der Waals surface area contributed by atoms with Crippen molar-refractivity contribution in [1.29, 1.82) is 0 Å². The monoisotopic (exact) mass is 327 g/mol. The van der Waals surface area contributed by atoms with E-state index in [2.05, 4.69) is 30.8 Å². The lowest BCUT2D eigenvalue weighted by molar-refractivity contribution is 0.143. The van der Waals surface area contributed by atoms with Crippen LogP contribution in [0.4, 0.5) is 17.2 Å². The molecule has 1 aliphatic rings. The minimum atomic E-state index is -0.334. The molecule has 0 aliphatic carbocycles. The third kappa shape index (κ3) is 3.54. The highest BCUT2D eigenvalue weighted by atomic mass is 16.5. The Bertz CT molecular complexity index is 780. The number of guanidine groups is 1. The highest BCUT2D eigenvalue weighted by Crippen LogP contribution is 2.20. The number of hydrogen-bond donors (Lipinski definition) is 4. The summed E-state index contributed by atoms with van der Waals surface area (Å²) in [4.78, 5) is 8.91. The van der Waals surface area contributed by atoms with Gasteiger partial charge in [-0.25, -0.2) is 9.98 Å². The number of aliphatic imine (C=N–C) groups is 2. The molecule has 0 saturated carbocycles. The van der Waals surface area contributed by atoms with Crippen LogP contribution in [0, 0.1) is 13.8 Å². The number of ether oxygens (including phenoxy) is 1. The smallest absolute Gasteiger partial charge is 0.224 e. The Labute approximate surface area is 140 Å². The average Bonchev–Trinajstić information content (AvgIpc) is 2.96. The number of anilines is 3. The summed E-state index contributed by atoms with van der Waals surface area (Å²) in [7, 11) is 1.62. The number of nitrogens with zero attached hydrogens (tertiary/aromatic N) is 3. The van der Waals surface area contributed by atoms with Crippen molar-refractivity contribution in [1.82, 2.24) is 10.2 Å². The van der Waals surface area contributed by atoms with Gasteiger partial charge < -0.3 is 21.1 Å². The van der Waals surface area contributed by atoms with Crippen LogP contribution in [0.5, 0.6) is 0 Å². The second kappa shape index (κ2) is 6.71. The SMILES string of the molecule is COC1C=NC(Nc2cc(N)ccc2C)=NC1Nc1cc(C)[nH]n1. The number of methoxy groups -OCH3 is 1. The Kier molecular flexibility index (Phi) is 4.48. The van der Waals surface area contributed by atoms with E-state index >= 15 is 0 Å². The number of benzene rings is 1. The lowest BCUT2D eigenvalue weighted by Gasteiger charge is -2.24. The maximum absolute atomic E-state index is 5.85. The summed E-state index contributed by atoms with van der Waals surface area (Å²) in [6.07, 6.45) is 1.10. The van der Waals surface area contributed by atoms with E-state index in [0.717, 1.165) is 16.9 Å². The van der Waals surface area contributed by atoms with Gasteiger partial charge in [-0.2, -0.15) is 5.10 Å². The average molecular weight is 327 g/mol. The Hall–Kier alpha value is -2.87. The molecule has 5 N–H and O–H groups in total. The number of rotatable bonds is 4. The minimum absolute atomic E-state index is 0.283. The summed E-state index contributed by atoms with van der Waals surface area (Å²) < 4.78 is 5.42. The number of hydrogen-bond acceptors (Lipinski definition) is 7. The lowest BCUT2D eigenvalue weighted by atomic mass is 10.2. The molecule has 3 rings (SSSR count).